The van der Waals surface area contributed by atoms with Crippen molar-refractivity contribution in [3.63, 3.8) is 0 Å². The monoisotopic (exact) mass is 448 g/mol. The number of carbonyl (C=O) groups excluding carboxylic acids is 2. The molecule has 1 heterocycles. The molecule has 0 bridgehead atoms. The maximum Gasteiger partial charge on any atom is 0.267 e. The minimum Gasteiger partial charge on any atom is -0.494 e. The summed E-state index contributed by atoms with van der Waals surface area (Å²) in [4.78, 5) is 26.4. The second-order valence-electron chi connectivity index (χ2n) is 7.29. The molecule has 2 aromatic carbocycles. The zero-order valence-corrected chi connectivity index (χ0v) is 19.2. The van der Waals surface area contributed by atoms with Crippen molar-refractivity contribution < 1.29 is 14.3 Å². The molecule has 3 aromatic rings. The van der Waals surface area contributed by atoms with Crippen molar-refractivity contribution in [1.82, 2.24) is 10.6 Å². The average Bonchev–Trinajstić information content (AvgIpc) is 3.31. The fourth-order valence-electron chi connectivity index (χ4n) is 3.16. The molecule has 2 amide bonds. The molecular weight excluding hydrogens is 420 g/mol. The van der Waals surface area contributed by atoms with Crippen LogP contribution in [-0.4, -0.2) is 25.0 Å². The summed E-state index contributed by atoms with van der Waals surface area (Å²) in [7, 11) is 0. The number of ether oxygens (including phenoxy) is 1. The van der Waals surface area contributed by atoms with Crippen LogP contribution in [0.2, 0.25) is 0 Å². The second-order valence-corrected chi connectivity index (χ2v) is 8.27. The van der Waals surface area contributed by atoms with Gasteiger partial charge in [-0.15, -0.1) is 11.3 Å². The van der Waals surface area contributed by atoms with Crippen molar-refractivity contribution >= 4 is 29.2 Å². The van der Waals surface area contributed by atoms with Crippen molar-refractivity contribution in [2.75, 3.05) is 13.2 Å². The van der Waals surface area contributed by atoms with Crippen molar-refractivity contribution in [3.05, 3.63) is 93.3 Å². The van der Waals surface area contributed by atoms with Crippen molar-refractivity contribution in [2.24, 2.45) is 0 Å². The smallest absolute Gasteiger partial charge is 0.267 e. The Hall–Kier alpha value is -3.38. The zero-order chi connectivity index (χ0) is 22.8. The molecule has 0 aliphatic rings. The molecule has 0 aliphatic heterocycles. The van der Waals surface area contributed by atoms with Crippen LogP contribution in [0.3, 0.4) is 0 Å². The number of hydrogen-bond acceptors (Lipinski definition) is 4. The average molecular weight is 449 g/mol. The van der Waals surface area contributed by atoms with E-state index in [1.54, 1.807) is 18.2 Å². The second kappa shape index (κ2) is 11.9. The van der Waals surface area contributed by atoms with Gasteiger partial charge in [-0.25, -0.2) is 0 Å². The van der Waals surface area contributed by atoms with E-state index in [9.17, 15) is 9.59 Å². The Morgan fingerprint density at radius 3 is 2.53 bits per heavy atom. The Morgan fingerprint density at radius 2 is 1.81 bits per heavy atom. The standard InChI is InChI=1S/C26H28N2O3S/c1-3-31-24-11-5-4-8-20(24)9-6-16-27-26(30)23(18-22-10-7-17-32-22)28-25(29)21-14-12-19(2)13-15-21/h4-5,7-8,10-15,17-18H,3,6,9,16H2,1-2H3,(H,27,30)(H,28,29)/b23-18-. The Balaban J connectivity index is 1.62. The van der Waals surface area contributed by atoms with Crippen LogP contribution in [0, 0.1) is 6.92 Å². The topological polar surface area (TPSA) is 67.4 Å². The summed E-state index contributed by atoms with van der Waals surface area (Å²) in [6.45, 7) is 5.03. The summed E-state index contributed by atoms with van der Waals surface area (Å²) in [6, 6.07) is 19.0. The van der Waals surface area contributed by atoms with Crippen LogP contribution in [0.15, 0.2) is 71.7 Å². The lowest BCUT2D eigenvalue weighted by Gasteiger charge is -2.12. The first-order valence-electron chi connectivity index (χ1n) is 10.7. The molecule has 6 heteroatoms. The predicted octanol–water partition coefficient (Wildman–Crippen LogP) is 4.98. The van der Waals surface area contributed by atoms with Gasteiger partial charge < -0.3 is 15.4 Å². The number of aryl methyl sites for hydroxylation is 2. The number of nitrogens with one attached hydrogen (secondary N) is 2. The van der Waals surface area contributed by atoms with Gasteiger partial charge in [0.1, 0.15) is 11.4 Å². The normalized spacial score (nSPS) is 11.1. The molecule has 0 atom stereocenters. The highest BCUT2D eigenvalue weighted by Crippen LogP contribution is 2.19. The molecule has 166 valence electrons. The third kappa shape index (κ3) is 6.82. The maximum atomic E-state index is 12.9. The predicted molar refractivity (Wildman–Crippen MR) is 130 cm³/mol. The number of carbonyl (C=O) groups is 2. The summed E-state index contributed by atoms with van der Waals surface area (Å²) < 4.78 is 5.66. The van der Waals surface area contributed by atoms with E-state index in [1.165, 1.54) is 11.3 Å². The molecule has 3 rings (SSSR count). The van der Waals surface area contributed by atoms with Gasteiger partial charge in [-0.3, -0.25) is 9.59 Å². The SMILES string of the molecule is CCOc1ccccc1CCCNC(=O)/C(=C/c1cccs1)NC(=O)c1ccc(C)cc1. The molecule has 5 nitrogen and oxygen atoms in total. The van der Waals surface area contributed by atoms with Gasteiger partial charge in [0, 0.05) is 17.0 Å². The van der Waals surface area contributed by atoms with Gasteiger partial charge >= 0.3 is 0 Å². The zero-order valence-electron chi connectivity index (χ0n) is 18.4. The molecular formula is C26H28N2O3S. The highest BCUT2D eigenvalue weighted by Gasteiger charge is 2.15. The summed E-state index contributed by atoms with van der Waals surface area (Å²) in [5.41, 5.74) is 2.92. The first-order valence-corrected chi connectivity index (χ1v) is 11.6. The quantitative estimate of drug-likeness (QED) is 0.340. The molecule has 32 heavy (non-hydrogen) atoms. The minimum absolute atomic E-state index is 0.229. The first-order chi connectivity index (χ1) is 15.6. The fourth-order valence-corrected chi connectivity index (χ4v) is 3.81. The summed E-state index contributed by atoms with van der Waals surface area (Å²) in [5.74, 6) is 0.260. The van der Waals surface area contributed by atoms with Crippen LogP contribution >= 0.6 is 11.3 Å². The molecule has 0 saturated carbocycles. The van der Waals surface area contributed by atoms with Crippen LogP contribution < -0.4 is 15.4 Å². The van der Waals surface area contributed by atoms with Gasteiger partial charge in [-0.1, -0.05) is 42.0 Å². The van der Waals surface area contributed by atoms with Gasteiger partial charge in [0.05, 0.1) is 6.61 Å². The Labute approximate surface area is 193 Å². The van der Waals surface area contributed by atoms with E-state index >= 15 is 0 Å². The number of para-hydroxylation sites is 1. The van der Waals surface area contributed by atoms with E-state index in [-0.39, 0.29) is 17.5 Å². The Morgan fingerprint density at radius 1 is 1.03 bits per heavy atom. The lowest BCUT2D eigenvalue weighted by Crippen LogP contribution is -2.35. The molecule has 0 fully saturated rings. The molecule has 0 aliphatic carbocycles. The Kier molecular flexibility index (Phi) is 8.63. The van der Waals surface area contributed by atoms with Crippen LogP contribution in [0.1, 0.15) is 39.7 Å². The lowest BCUT2D eigenvalue weighted by molar-refractivity contribution is -0.117. The van der Waals surface area contributed by atoms with Crippen molar-refractivity contribution in [3.8, 4) is 5.75 Å². The Bertz CT molecular complexity index is 1060. The fraction of sp³-hybridized carbons (Fsp3) is 0.231. The van der Waals surface area contributed by atoms with E-state index in [0.29, 0.717) is 18.7 Å². The number of thiophene rings is 1. The van der Waals surface area contributed by atoms with Gasteiger partial charge in [0.15, 0.2) is 0 Å². The number of amides is 2. The summed E-state index contributed by atoms with van der Waals surface area (Å²) >= 11 is 1.50. The molecule has 0 radical (unpaired) electrons. The van der Waals surface area contributed by atoms with Gasteiger partial charge in [-0.2, -0.15) is 0 Å². The number of benzene rings is 2. The highest BCUT2D eigenvalue weighted by atomic mass is 32.1. The molecule has 1 aromatic heterocycles. The third-order valence-corrected chi connectivity index (χ3v) is 5.64. The third-order valence-electron chi connectivity index (χ3n) is 4.82. The highest BCUT2D eigenvalue weighted by molar-refractivity contribution is 7.10. The van der Waals surface area contributed by atoms with Gasteiger partial charge in [0.25, 0.3) is 11.8 Å². The minimum atomic E-state index is -0.311. The molecule has 0 spiro atoms. The summed E-state index contributed by atoms with van der Waals surface area (Å²) in [6.07, 6.45) is 3.25. The van der Waals surface area contributed by atoms with Crippen molar-refractivity contribution in [1.29, 1.82) is 0 Å². The van der Waals surface area contributed by atoms with Crippen LogP contribution in [0.25, 0.3) is 6.08 Å². The number of hydrogen-bond donors (Lipinski definition) is 2. The van der Waals surface area contributed by atoms with Crippen molar-refractivity contribution in [2.45, 2.75) is 26.7 Å². The lowest BCUT2D eigenvalue weighted by atomic mass is 10.1. The van der Waals surface area contributed by atoms with E-state index in [2.05, 4.69) is 10.6 Å². The van der Waals surface area contributed by atoms with Gasteiger partial charge in [0.2, 0.25) is 0 Å². The summed E-state index contributed by atoms with van der Waals surface area (Å²) in [5, 5.41) is 7.63. The maximum absolute atomic E-state index is 12.9. The van der Waals surface area contributed by atoms with E-state index in [4.69, 9.17) is 4.74 Å². The van der Waals surface area contributed by atoms with E-state index in [1.807, 2.05) is 67.8 Å². The van der Waals surface area contributed by atoms with Gasteiger partial charge in [-0.05, 0) is 68.0 Å². The van der Waals surface area contributed by atoms with Crippen LogP contribution in [0.5, 0.6) is 5.75 Å². The molecule has 0 unspecified atom stereocenters. The van der Waals surface area contributed by atoms with Crippen LogP contribution in [0.4, 0.5) is 0 Å². The largest absolute Gasteiger partial charge is 0.494 e. The molecule has 0 saturated heterocycles. The number of rotatable bonds is 10. The van der Waals surface area contributed by atoms with E-state index in [0.717, 1.165) is 34.6 Å². The molecule has 2 N–H and O–H groups in total. The van der Waals surface area contributed by atoms with Crippen LogP contribution in [-0.2, 0) is 11.2 Å². The first kappa shape index (κ1) is 23.3. The van der Waals surface area contributed by atoms with E-state index < -0.39 is 0 Å².